The van der Waals surface area contributed by atoms with Crippen LogP contribution in [0.25, 0.3) is 11.0 Å². The normalized spacial score (nSPS) is 11.1. The van der Waals surface area contributed by atoms with Gasteiger partial charge in [0.25, 0.3) is 0 Å². The highest BCUT2D eigenvalue weighted by Crippen LogP contribution is 2.15. The minimum atomic E-state index is -0.378. The van der Waals surface area contributed by atoms with Crippen molar-refractivity contribution < 1.29 is 18.4 Å². The Balaban J connectivity index is 1.87. The lowest BCUT2D eigenvalue weighted by molar-refractivity contribution is -0.141. The van der Waals surface area contributed by atoms with E-state index in [9.17, 15) is 18.8 Å². The van der Waals surface area contributed by atoms with Gasteiger partial charge in [0.15, 0.2) is 5.43 Å². The summed E-state index contributed by atoms with van der Waals surface area (Å²) in [7, 11) is 0. The molecule has 0 aliphatic heterocycles. The smallest absolute Gasteiger partial charge is 0.242 e. The lowest BCUT2D eigenvalue weighted by atomic mass is 10.1. The number of benzene rings is 2. The molecule has 0 unspecified atom stereocenters. The number of para-hydroxylation sites is 1. The highest BCUT2D eigenvalue weighted by atomic mass is 35.5. The highest BCUT2D eigenvalue weighted by molar-refractivity contribution is 6.17. The zero-order valence-corrected chi connectivity index (χ0v) is 21.5. The third kappa shape index (κ3) is 7.65. The Kier molecular flexibility index (Phi) is 10.1. The average molecular weight is 515 g/mol. The molecule has 3 aromatic rings. The van der Waals surface area contributed by atoms with Gasteiger partial charge in [-0.1, -0.05) is 38.1 Å². The topological polar surface area (TPSA) is 70.8 Å². The third-order valence-electron chi connectivity index (χ3n) is 5.93. The first-order valence-electron chi connectivity index (χ1n) is 12.1. The van der Waals surface area contributed by atoms with Gasteiger partial charge in [0.05, 0.1) is 30.3 Å². The van der Waals surface area contributed by atoms with Gasteiger partial charge in [-0.2, -0.15) is 0 Å². The van der Waals surface area contributed by atoms with E-state index in [1.165, 1.54) is 23.3 Å². The Morgan fingerprint density at radius 2 is 1.72 bits per heavy atom. The molecule has 0 N–H and O–H groups in total. The van der Waals surface area contributed by atoms with E-state index in [1.54, 1.807) is 41.3 Å². The summed E-state index contributed by atoms with van der Waals surface area (Å²) < 4.78 is 19.1. The van der Waals surface area contributed by atoms with Crippen molar-refractivity contribution in [3.05, 3.63) is 82.0 Å². The summed E-state index contributed by atoms with van der Waals surface area (Å²) in [5.74, 6) is -0.0874. The summed E-state index contributed by atoms with van der Waals surface area (Å²) in [6.07, 6.45) is 2.93. The van der Waals surface area contributed by atoms with Crippen LogP contribution >= 0.6 is 11.6 Å². The van der Waals surface area contributed by atoms with Crippen LogP contribution in [0.4, 0.5) is 4.39 Å². The van der Waals surface area contributed by atoms with E-state index in [-0.39, 0.29) is 49.1 Å². The molecular formula is C28H32ClFN2O4. The van der Waals surface area contributed by atoms with Gasteiger partial charge in [-0.3, -0.25) is 14.4 Å². The van der Waals surface area contributed by atoms with Crippen molar-refractivity contribution in [1.82, 2.24) is 9.80 Å². The number of halogens is 2. The fraction of sp³-hybridized carbons (Fsp3) is 0.393. The number of carbonyl (C=O) groups excluding carboxylic acids is 2. The van der Waals surface area contributed by atoms with Gasteiger partial charge in [0.1, 0.15) is 11.4 Å². The second-order valence-electron chi connectivity index (χ2n) is 9.25. The minimum absolute atomic E-state index is 0.00271. The molecule has 3 rings (SSSR count). The summed E-state index contributed by atoms with van der Waals surface area (Å²) in [5, 5.41) is 0.430. The zero-order valence-electron chi connectivity index (χ0n) is 20.7. The molecular weight excluding hydrogens is 483 g/mol. The number of hydrogen-bond donors (Lipinski definition) is 0. The molecule has 0 aliphatic carbocycles. The molecule has 36 heavy (non-hydrogen) atoms. The number of amides is 2. The molecule has 192 valence electrons. The van der Waals surface area contributed by atoms with Gasteiger partial charge < -0.3 is 14.2 Å². The van der Waals surface area contributed by atoms with Crippen LogP contribution in [-0.2, 0) is 22.7 Å². The maximum absolute atomic E-state index is 13.5. The average Bonchev–Trinajstić information content (AvgIpc) is 2.87. The molecule has 2 amide bonds. The SMILES string of the molecule is CC(C)CCN(CC(=O)N(Cc1ccc(F)cc1)Cc1coc2ccccc2c1=O)C(=O)CCCCl. The van der Waals surface area contributed by atoms with Crippen LogP contribution in [0.5, 0.6) is 0 Å². The summed E-state index contributed by atoms with van der Waals surface area (Å²) in [4.78, 5) is 42.5. The van der Waals surface area contributed by atoms with Gasteiger partial charge in [-0.05, 0) is 48.6 Å². The first kappa shape index (κ1) is 27.4. The Labute approximate surface area is 215 Å². The van der Waals surface area contributed by atoms with Crippen LogP contribution in [0.1, 0.15) is 44.2 Å². The summed E-state index contributed by atoms with van der Waals surface area (Å²) >= 11 is 5.77. The van der Waals surface area contributed by atoms with E-state index in [0.29, 0.717) is 46.9 Å². The molecule has 2 aromatic carbocycles. The van der Waals surface area contributed by atoms with Crippen molar-refractivity contribution in [1.29, 1.82) is 0 Å². The van der Waals surface area contributed by atoms with Crippen molar-refractivity contribution in [3.8, 4) is 0 Å². The van der Waals surface area contributed by atoms with Gasteiger partial charge in [0.2, 0.25) is 11.8 Å². The van der Waals surface area contributed by atoms with Crippen molar-refractivity contribution in [2.24, 2.45) is 5.92 Å². The first-order chi connectivity index (χ1) is 17.3. The van der Waals surface area contributed by atoms with Gasteiger partial charge in [-0.25, -0.2) is 4.39 Å². The Hall–Kier alpha value is -3.19. The number of fused-ring (bicyclic) bond motifs is 1. The molecule has 0 radical (unpaired) electrons. The van der Waals surface area contributed by atoms with E-state index < -0.39 is 0 Å². The molecule has 0 saturated heterocycles. The number of rotatable bonds is 12. The lowest BCUT2D eigenvalue weighted by Gasteiger charge is -2.28. The van der Waals surface area contributed by atoms with E-state index in [2.05, 4.69) is 13.8 Å². The largest absolute Gasteiger partial charge is 0.464 e. The second-order valence-corrected chi connectivity index (χ2v) is 9.63. The Morgan fingerprint density at radius 1 is 1.00 bits per heavy atom. The van der Waals surface area contributed by atoms with E-state index in [1.807, 2.05) is 0 Å². The Morgan fingerprint density at radius 3 is 2.42 bits per heavy atom. The Bertz CT molecular complexity index is 1230. The zero-order chi connectivity index (χ0) is 26.1. The molecule has 0 atom stereocenters. The number of nitrogens with zero attached hydrogens (tertiary/aromatic N) is 2. The van der Waals surface area contributed by atoms with Crippen LogP contribution in [0.2, 0.25) is 0 Å². The van der Waals surface area contributed by atoms with Crippen LogP contribution in [-0.4, -0.2) is 40.6 Å². The van der Waals surface area contributed by atoms with E-state index in [0.717, 1.165) is 6.42 Å². The molecule has 6 nitrogen and oxygen atoms in total. The quantitative estimate of drug-likeness (QED) is 0.305. The molecule has 0 saturated carbocycles. The second kappa shape index (κ2) is 13.2. The molecule has 0 aliphatic rings. The van der Waals surface area contributed by atoms with Crippen LogP contribution in [0.15, 0.2) is 64.0 Å². The standard InChI is InChI=1S/C28H32ClFN2O4/c1-20(2)13-15-31(26(33)8-5-14-29)18-27(34)32(16-21-9-11-23(30)12-10-21)17-22-19-36-25-7-4-3-6-24(25)28(22)35/h3-4,6-7,9-12,19-20H,5,8,13-18H2,1-2H3. The fourth-order valence-electron chi connectivity index (χ4n) is 3.82. The van der Waals surface area contributed by atoms with Crippen LogP contribution < -0.4 is 5.43 Å². The molecule has 8 heteroatoms. The monoisotopic (exact) mass is 514 g/mol. The third-order valence-corrected chi connectivity index (χ3v) is 6.20. The number of carbonyl (C=O) groups is 2. The summed E-state index contributed by atoms with van der Waals surface area (Å²) in [6.45, 7) is 4.60. The number of alkyl halides is 1. The summed E-state index contributed by atoms with van der Waals surface area (Å²) in [6, 6.07) is 12.8. The molecule has 1 heterocycles. The fourth-order valence-corrected chi connectivity index (χ4v) is 3.95. The van der Waals surface area contributed by atoms with E-state index in [4.69, 9.17) is 16.0 Å². The molecule has 0 fully saturated rings. The maximum Gasteiger partial charge on any atom is 0.242 e. The van der Waals surface area contributed by atoms with Crippen molar-refractivity contribution in [2.45, 2.75) is 46.2 Å². The van der Waals surface area contributed by atoms with Gasteiger partial charge in [0, 0.05) is 25.4 Å². The predicted octanol–water partition coefficient (Wildman–Crippen LogP) is 5.35. The van der Waals surface area contributed by atoms with Crippen LogP contribution in [0, 0.1) is 11.7 Å². The van der Waals surface area contributed by atoms with Crippen molar-refractivity contribution in [2.75, 3.05) is 19.0 Å². The first-order valence-corrected chi connectivity index (χ1v) is 12.7. The van der Waals surface area contributed by atoms with Gasteiger partial charge in [-0.15, -0.1) is 11.6 Å². The van der Waals surface area contributed by atoms with Crippen LogP contribution in [0.3, 0.4) is 0 Å². The summed E-state index contributed by atoms with van der Waals surface area (Å²) in [5.41, 5.74) is 1.28. The van der Waals surface area contributed by atoms with Gasteiger partial charge >= 0.3 is 0 Å². The maximum atomic E-state index is 13.5. The molecule has 0 spiro atoms. The lowest BCUT2D eigenvalue weighted by Crippen LogP contribution is -2.43. The van der Waals surface area contributed by atoms with Crippen molar-refractivity contribution in [3.63, 3.8) is 0 Å². The predicted molar refractivity (Wildman–Crippen MR) is 139 cm³/mol. The molecule has 0 bridgehead atoms. The minimum Gasteiger partial charge on any atom is -0.464 e. The number of hydrogen-bond acceptors (Lipinski definition) is 4. The highest BCUT2D eigenvalue weighted by Gasteiger charge is 2.23. The van der Waals surface area contributed by atoms with E-state index >= 15 is 0 Å². The molecule has 1 aromatic heterocycles. The van der Waals surface area contributed by atoms with Crippen molar-refractivity contribution >= 4 is 34.4 Å².